The lowest BCUT2D eigenvalue weighted by molar-refractivity contribution is -0.124. The molecule has 0 saturated heterocycles. The third-order valence-corrected chi connectivity index (χ3v) is 3.50. The minimum absolute atomic E-state index is 0.103. The molecule has 0 aromatic carbocycles. The third-order valence-electron chi connectivity index (χ3n) is 3.30. The van der Waals surface area contributed by atoms with Crippen LogP contribution in [0.1, 0.15) is 31.1 Å². The number of hydrogen-bond donors (Lipinski definition) is 1. The van der Waals surface area contributed by atoms with Crippen molar-refractivity contribution in [2.24, 2.45) is 0 Å². The van der Waals surface area contributed by atoms with E-state index >= 15 is 0 Å². The Bertz CT molecular complexity index is 604. The summed E-state index contributed by atoms with van der Waals surface area (Å²) in [4.78, 5) is 12.1. The van der Waals surface area contributed by atoms with Crippen molar-refractivity contribution in [3.63, 3.8) is 0 Å². The van der Waals surface area contributed by atoms with Gasteiger partial charge in [-0.25, -0.2) is 0 Å². The van der Waals surface area contributed by atoms with E-state index in [1.54, 1.807) is 24.0 Å². The van der Waals surface area contributed by atoms with E-state index in [-0.39, 0.29) is 5.91 Å². The largest absolute Gasteiger partial charge is 0.350 e. The van der Waals surface area contributed by atoms with E-state index in [9.17, 15) is 4.79 Å². The van der Waals surface area contributed by atoms with Crippen molar-refractivity contribution in [3.8, 4) is 0 Å². The molecule has 1 N–H and O–H groups in total. The number of nitrogens with zero attached hydrogens (tertiary/aromatic N) is 4. The highest BCUT2D eigenvalue weighted by molar-refractivity contribution is 6.30. The molecule has 1 atom stereocenters. The first kappa shape index (κ1) is 14.6. The molecule has 0 fully saturated rings. The predicted molar refractivity (Wildman–Crippen MR) is 76.4 cm³/mol. The van der Waals surface area contributed by atoms with Crippen LogP contribution in [0.25, 0.3) is 0 Å². The second-order valence-electron chi connectivity index (χ2n) is 4.60. The van der Waals surface area contributed by atoms with Gasteiger partial charge >= 0.3 is 0 Å². The van der Waals surface area contributed by atoms with Crippen molar-refractivity contribution in [2.45, 2.75) is 39.9 Å². The highest BCUT2D eigenvalue weighted by atomic mass is 35.5. The van der Waals surface area contributed by atoms with E-state index in [4.69, 9.17) is 11.6 Å². The van der Waals surface area contributed by atoms with Crippen molar-refractivity contribution >= 4 is 17.5 Å². The normalized spacial score (nSPS) is 12.4. The Balaban J connectivity index is 1.96. The summed E-state index contributed by atoms with van der Waals surface area (Å²) < 4.78 is 3.44. The van der Waals surface area contributed by atoms with Crippen LogP contribution >= 0.6 is 11.6 Å². The number of aromatic nitrogens is 4. The van der Waals surface area contributed by atoms with Gasteiger partial charge in [-0.15, -0.1) is 0 Å². The van der Waals surface area contributed by atoms with Crippen LogP contribution < -0.4 is 5.32 Å². The van der Waals surface area contributed by atoms with Crippen LogP contribution in [0.5, 0.6) is 0 Å². The van der Waals surface area contributed by atoms with E-state index in [0.717, 1.165) is 17.8 Å². The van der Waals surface area contributed by atoms with E-state index in [0.29, 0.717) is 11.6 Å². The van der Waals surface area contributed by atoms with Crippen LogP contribution in [0, 0.1) is 6.92 Å². The maximum atomic E-state index is 12.1. The number of halogens is 1. The Kier molecular flexibility index (Phi) is 4.44. The Morgan fingerprint density at radius 2 is 2.20 bits per heavy atom. The Morgan fingerprint density at radius 1 is 1.45 bits per heavy atom. The van der Waals surface area contributed by atoms with Gasteiger partial charge in [0.2, 0.25) is 5.91 Å². The van der Waals surface area contributed by atoms with Crippen molar-refractivity contribution < 1.29 is 4.79 Å². The zero-order valence-corrected chi connectivity index (χ0v) is 12.6. The summed E-state index contributed by atoms with van der Waals surface area (Å²) in [5.41, 5.74) is 2.09. The molecule has 2 heterocycles. The Morgan fingerprint density at radius 3 is 2.75 bits per heavy atom. The molecule has 0 bridgehead atoms. The SMILES string of the molecule is CCn1ncc(CNC(=O)C(C)n2cc(Cl)cn2)c1C. The van der Waals surface area contributed by atoms with Gasteiger partial charge in [-0.2, -0.15) is 10.2 Å². The Labute approximate surface area is 122 Å². The third kappa shape index (κ3) is 3.01. The zero-order valence-electron chi connectivity index (χ0n) is 11.8. The van der Waals surface area contributed by atoms with Gasteiger partial charge in [0, 0.05) is 30.5 Å². The highest BCUT2D eigenvalue weighted by Crippen LogP contribution is 2.12. The minimum atomic E-state index is -0.399. The average molecular weight is 296 g/mol. The van der Waals surface area contributed by atoms with Gasteiger partial charge in [0.15, 0.2) is 0 Å². The number of aryl methyl sites for hydroxylation is 1. The number of carbonyl (C=O) groups is 1. The zero-order chi connectivity index (χ0) is 14.7. The molecule has 6 nitrogen and oxygen atoms in total. The summed E-state index contributed by atoms with van der Waals surface area (Å²) in [6.45, 7) is 7.09. The molecule has 2 aromatic rings. The molecule has 2 rings (SSSR count). The maximum Gasteiger partial charge on any atom is 0.244 e. The lowest BCUT2D eigenvalue weighted by Crippen LogP contribution is -2.31. The molecule has 0 aliphatic carbocycles. The lowest BCUT2D eigenvalue weighted by atomic mass is 10.2. The summed E-state index contributed by atoms with van der Waals surface area (Å²) in [5, 5.41) is 11.7. The standard InChI is InChI=1S/C13H18ClN5O/c1-4-18-9(2)11(6-16-18)5-15-13(20)10(3)19-8-12(14)7-17-19/h6-8,10H,4-5H2,1-3H3,(H,15,20). The molecule has 108 valence electrons. The molecule has 1 unspecified atom stereocenters. The fourth-order valence-electron chi connectivity index (χ4n) is 1.95. The average Bonchev–Trinajstić information content (AvgIpc) is 3.01. The van der Waals surface area contributed by atoms with Crippen molar-refractivity contribution in [1.29, 1.82) is 0 Å². The number of nitrogens with one attached hydrogen (secondary N) is 1. The van der Waals surface area contributed by atoms with Crippen LogP contribution in [0.15, 0.2) is 18.6 Å². The molecule has 20 heavy (non-hydrogen) atoms. The first-order valence-corrected chi connectivity index (χ1v) is 6.89. The van der Waals surface area contributed by atoms with Crippen molar-refractivity contribution in [1.82, 2.24) is 24.9 Å². The van der Waals surface area contributed by atoms with Crippen molar-refractivity contribution in [3.05, 3.63) is 34.9 Å². The maximum absolute atomic E-state index is 12.1. The van der Waals surface area contributed by atoms with Gasteiger partial charge in [0.25, 0.3) is 0 Å². The summed E-state index contributed by atoms with van der Waals surface area (Å²) in [7, 11) is 0. The van der Waals surface area contributed by atoms with E-state index < -0.39 is 6.04 Å². The quantitative estimate of drug-likeness (QED) is 0.917. The number of rotatable bonds is 5. The molecule has 0 aliphatic heterocycles. The predicted octanol–water partition coefficient (Wildman–Crippen LogP) is 1.94. The molecular weight excluding hydrogens is 278 g/mol. The van der Waals surface area contributed by atoms with Crippen LogP contribution in [-0.4, -0.2) is 25.5 Å². The summed E-state index contributed by atoms with van der Waals surface area (Å²) in [5.74, 6) is -0.103. The topological polar surface area (TPSA) is 64.7 Å². The van der Waals surface area contributed by atoms with Crippen LogP contribution in [-0.2, 0) is 17.9 Å². The van der Waals surface area contributed by atoms with Gasteiger partial charge in [-0.1, -0.05) is 11.6 Å². The van der Waals surface area contributed by atoms with Gasteiger partial charge in [-0.05, 0) is 20.8 Å². The second kappa shape index (κ2) is 6.09. The van der Waals surface area contributed by atoms with Crippen molar-refractivity contribution in [2.75, 3.05) is 0 Å². The van der Waals surface area contributed by atoms with Crippen LogP contribution in [0.2, 0.25) is 5.02 Å². The summed E-state index contributed by atoms with van der Waals surface area (Å²) in [6, 6.07) is -0.399. The lowest BCUT2D eigenvalue weighted by Gasteiger charge is -2.12. The second-order valence-corrected chi connectivity index (χ2v) is 5.04. The molecule has 0 aliphatic rings. The monoisotopic (exact) mass is 295 g/mol. The summed E-state index contributed by atoms with van der Waals surface area (Å²) in [6.07, 6.45) is 4.93. The first-order chi connectivity index (χ1) is 9.52. The number of carbonyl (C=O) groups excluding carboxylic acids is 1. The van der Waals surface area contributed by atoms with E-state index in [1.165, 1.54) is 6.20 Å². The summed E-state index contributed by atoms with van der Waals surface area (Å²) >= 11 is 5.80. The molecular formula is C13H18ClN5O. The van der Waals surface area contributed by atoms with E-state index in [2.05, 4.69) is 15.5 Å². The molecule has 0 radical (unpaired) electrons. The highest BCUT2D eigenvalue weighted by Gasteiger charge is 2.16. The molecule has 1 amide bonds. The molecule has 0 spiro atoms. The number of amides is 1. The minimum Gasteiger partial charge on any atom is -0.350 e. The molecule has 7 heteroatoms. The molecule has 0 saturated carbocycles. The van der Waals surface area contributed by atoms with Gasteiger partial charge in [0.1, 0.15) is 6.04 Å². The van der Waals surface area contributed by atoms with Crippen LogP contribution in [0.4, 0.5) is 0 Å². The fourth-order valence-corrected chi connectivity index (χ4v) is 2.10. The number of hydrogen-bond acceptors (Lipinski definition) is 3. The van der Waals surface area contributed by atoms with Gasteiger partial charge in [-0.3, -0.25) is 14.2 Å². The molecule has 2 aromatic heterocycles. The fraction of sp³-hybridized carbons (Fsp3) is 0.462. The van der Waals surface area contributed by atoms with Gasteiger partial charge < -0.3 is 5.32 Å². The van der Waals surface area contributed by atoms with E-state index in [1.807, 2.05) is 18.5 Å². The van der Waals surface area contributed by atoms with Crippen LogP contribution in [0.3, 0.4) is 0 Å². The Hall–Kier alpha value is -1.82. The van der Waals surface area contributed by atoms with Gasteiger partial charge in [0.05, 0.1) is 17.4 Å². The first-order valence-electron chi connectivity index (χ1n) is 6.51. The smallest absolute Gasteiger partial charge is 0.244 e.